The third-order valence-electron chi connectivity index (χ3n) is 3.23. The van der Waals surface area contributed by atoms with E-state index in [1.54, 1.807) is 0 Å². The summed E-state index contributed by atoms with van der Waals surface area (Å²) < 4.78 is 63.7. The fraction of sp³-hybridized carbons (Fsp3) is 0.417. The average molecular weight is 347 g/mol. The van der Waals surface area contributed by atoms with E-state index in [1.807, 2.05) is 0 Å². The minimum atomic E-state index is -4.68. The minimum Gasteiger partial charge on any atom is -0.368 e. The third kappa shape index (κ3) is 3.46. The molecule has 12 heteroatoms. The summed E-state index contributed by atoms with van der Waals surface area (Å²) >= 11 is 0. The maximum absolute atomic E-state index is 12.8. The zero-order chi connectivity index (χ0) is 17.5. The molecule has 3 N–H and O–H groups in total. The first-order chi connectivity index (χ1) is 11.1. The van der Waals surface area contributed by atoms with Gasteiger partial charge < -0.3 is 11.1 Å². The molecule has 0 unspecified atom stereocenters. The predicted molar refractivity (Wildman–Crippen MR) is 71.9 cm³/mol. The first-order valence-corrected chi connectivity index (χ1v) is 6.68. The Morgan fingerprint density at radius 2 is 1.79 bits per heavy atom. The zero-order valence-electron chi connectivity index (χ0n) is 11.8. The van der Waals surface area contributed by atoms with Crippen molar-refractivity contribution in [2.24, 2.45) is 0 Å². The average Bonchev–Trinajstić information content (AvgIpc) is 2.44. The number of hydrogen-bond acceptors (Lipinski definition) is 7. The lowest BCUT2D eigenvalue weighted by atomic mass is 9.88. The summed E-state index contributed by atoms with van der Waals surface area (Å²) in [4.78, 5) is 18.1. The van der Waals surface area contributed by atoms with Crippen LogP contribution in [0, 0.1) is 0 Å². The van der Waals surface area contributed by atoms with Crippen LogP contribution in [0.15, 0.2) is 12.4 Å². The number of nitrogens with zero attached hydrogens (tertiary/aromatic N) is 5. The van der Waals surface area contributed by atoms with Crippen LogP contribution in [0.2, 0.25) is 0 Å². The minimum absolute atomic E-state index is 0.114. The lowest BCUT2D eigenvalue weighted by molar-refractivity contribution is -0.141. The van der Waals surface area contributed by atoms with Crippen LogP contribution >= 0.6 is 0 Å². The van der Waals surface area contributed by atoms with Crippen LogP contribution in [0.1, 0.15) is 18.5 Å². The summed E-state index contributed by atoms with van der Waals surface area (Å²) in [6, 6.07) is -0.553. The lowest BCUT2D eigenvalue weighted by Crippen LogP contribution is -2.44. The van der Waals surface area contributed by atoms with Gasteiger partial charge in [-0.05, 0) is 0 Å². The molecule has 0 aromatic carbocycles. The van der Waals surface area contributed by atoms with Crippen LogP contribution in [-0.2, 0) is 6.18 Å². The van der Waals surface area contributed by atoms with Gasteiger partial charge in [0.15, 0.2) is 11.5 Å². The van der Waals surface area contributed by atoms with Crippen LogP contribution in [0.5, 0.6) is 0 Å². The largest absolute Gasteiger partial charge is 0.434 e. The smallest absolute Gasteiger partial charge is 0.368 e. The number of aromatic nitrogens is 5. The standard InChI is InChI=1S/C12H10F5N7/c13-11(14)1-5(2-11)20-10-23-8(22-9(18)24-10)6-3-19-4-7(21-6)12(15,16)17/h3-5H,1-2H2,(H3,18,20,22,23,24). The number of rotatable bonds is 3. The number of alkyl halides is 5. The molecule has 0 saturated heterocycles. The topological polar surface area (TPSA) is 102 Å². The summed E-state index contributed by atoms with van der Waals surface area (Å²) in [6.45, 7) is 0. The molecule has 0 atom stereocenters. The number of anilines is 2. The molecule has 0 radical (unpaired) electrons. The van der Waals surface area contributed by atoms with Crippen LogP contribution in [0.4, 0.5) is 33.8 Å². The second-order valence-electron chi connectivity index (χ2n) is 5.23. The fourth-order valence-corrected chi connectivity index (χ4v) is 2.13. The van der Waals surface area contributed by atoms with Crippen molar-refractivity contribution in [2.75, 3.05) is 11.1 Å². The van der Waals surface area contributed by atoms with Crippen molar-refractivity contribution in [3.63, 3.8) is 0 Å². The molecule has 1 aliphatic rings. The molecule has 128 valence electrons. The molecule has 24 heavy (non-hydrogen) atoms. The monoisotopic (exact) mass is 347 g/mol. The maximum atomic E-state index is 12.8. The van der Waals surface area contributed by atoms with E-state index < -0.39 is 36.7 Å². The SMILES string of the molecule is Nc1nc(NC2CC(F)(F)C2)nc(-c2cncc(C(F)(F)F)n2)n1. The molecule has 1 saturated carbocycles. The van der Waals surface area contributed by atoms with Gasteiger partial charge in [0.25, 0.3) is 5.92 Å². The van der Waals surface area contributed by atoms with Gasteiger partial charge in [-0.15, -0.1) is 0 Å². The number of halogens is 5. The zero-order valence-corrected chi connectivity index (χ0v) is 11.8. The second-order valence-corrected chi connectivity index (χ2v) is 5.23. The second kappa shape index (κ2) is 5.46. The van der Waals surface area contributed by atoms with Crippen molar-refractivity contribution < 1.29 is 22.0 Å². The number of nitrogens with one attached hydrogen (secondary N) is 1. The van der Waals surface area contributed by atoms with Crippen LogP contribution in [0.3, 0.4) is 0 Å². The first-order valence-electron chi connectivity index (χ1n) is 6.68. The molecular weight excluding hydrogens is 337 g/mol. The Kier molecular flexibility index (Phi) is 3.68. The van der Waals surface area contributed by atoms with Gasteiger partial charge in [0.05, 0.1) is 12.4 Å². The van der Waals surface area contributed by atoms with Gasteiger partial charge in [-0.2, -0.15) is 28.1 Å². The predicted octanol–water partition coefficient (Wildman–Crippen LogP) is 2.14. The Labute approximate surface area is 131 Å². The fourth-order valence-electron chi connectivity index (χ4n) is 2.13. The van der Waals surface area contributed by atoms with Crippen molar-refractivity contribution in [3.8, 4) is 11.5 Å². The highest BCUT2D eigenvalue weighted by Gasteiger charge is 2.45. The Balaban J connectivity index is 1.86. The summed E-state index contributed by atoms with van der Waals surface area (Å²) in [5.41, 5.74) is 4.01. The summed E-state index contributed by atoms with van der Waals surface area (Å²) in [5, 5.41) is 2.64. The van der Waals surface area contributed by atoms with E-state index in [0.717, 1.165) is 6.20 Å². The van der Waals surface area contributed by atoms with E-state index in [0.29, 0.717) is 6.20 Å². The highest BCUT2D eigenvalue weighted by molar-refractivity contribution is 5.52. The molecule has 0 amide bonds. The Hall–Kier alpha value is -2.66. The van der Waals surface area contributed by atoms with E-state index in [9.17, 15) is 22.0 Å². The van der Waals surface area contributed by atoms with E-state index in [1.165, 1.54) is 0 Å². The van der Waals surface area contributed by atoms with Gasteiger partial charge in [0.2, 0.25) is 11.9 Å². The van der Waals surface area contributed by atoms with Crippen LogP contribution in [-0.4, -0.2) is 36.9 Å². The molecule has 2 heterocycles. The highest BCUT2D eigenvalue weighted by atomic mass is 19.4. The lowest BCUT2D eigenvalue weighted by Gasteiger charge is -2.35. The maximum Gasteiger partial charge on any atom is 0.434 e. The quantitative estimate of drug-likeness (QED) is 0.820. The van der Waals surface area contributed by atoms with Crippen molar-refractivity contribution in [1.29, 1.82) is 0 Å². The number of nitrogens with two attached hydrogens (primary N) is 1. The van der Waals surface area contributed by atoms with Gasteiger partial charge in [0, 0.05) is 18.9 Å². The molecule has 0 bridgehead atoms. The highest BCUT2D eigenvalue weighted by Crippen LogP contribution is 2.38. The first kappa shape index (κ1) is 16.2. The molecule has 1 aliphatic carbocycles. The van der Waals surface area contributed by atoms with Gasteiger partial charge >= 0.3 is 6.18 Å². The van der Waals surface area contributed by atoms with Crippen LogP contribution < -0.4 is 11.1 Å². The Morgan fingerprint density at radius 1 is 1.08 bits per heavy atom. The number of hydrogen-bond donors (Lipinski definition) is 2. The molecule has 2 aromatic rings. The summed E-state index contributed by atoms with van der Waals surface area (Å²) in [5.74, 6) is -3.38. The van der Waals surface area contributed by atoms with Crippen molar-refractivity contribution in [2.45, 2.75) is 31.0 Å². The molecule has 3 rings (SSSR count). The Morgan fingerprint density at radius 3 is 2.42 bits per heavy atom. The van der Waals surface area contributed by atoms with Crippen molar-refractivity contribution >= 4 is 11.9 Å². The number of nitrogen functional groups attached to an aromatic ring is 1. The van der Waals surface area contributed by atoms with Crippen molar-refractivity contribution in [1.82, 2.24) is 24.9 Å². The molecular formula is C12H10F5N7. The third-order valence-corrected chi connectivity index (χ3v) is 3.23. The van der Waals surface area contributed by atoms with E-state index in [4.69, 9.17) is 5.73 Å². The molecule has 0 spiro atoms. The van der Waals surface area contributed by atoms with Crippen LogP contribution in [0.25, 0.3) is 11.5 Å². The summed E-state index contributed by atoms with van der Waals surface area (Å²) in [7, 11) is 0. The molecule has 2 aromatic heterocycles. The van der Waals surface area contributed by atoms with Gasteiger partial charge in [-0.3, -0.25) is 4.98 Å². The van der Waals surface area contributed by atoms with Gasteiger partial charge in [-0.25, -0.2) is 13.8 Å². The molecule has 7 nitrogen and oxygen atoms in total. The molecule has 1 fully saturated rings. The molecule has 0 aliphatic heterocycles. The van der Waals surface area contributed by atoms with E-state index >= 15 is 0 Å². The van der Waals surface area contributed by atoms with Gasteiger partial charge in [0.1, 0.15) is 5.69 Å². The van der Waals surface area contributed by atoms with E-state index in [2.05, 4.69) is 30.2 Å². The van der Waals surface area contributed by atoms with Gasteiger partial charge in [-0.1, -0.05) is 0 Å². The van der Waals surface area contributed by atoms with E-state index in [-0.39, 0.29) is 23.4 Å². The normalized spacial score (nSPS) is 17.4. The Bertz CT molecular complexity index is 756. The van der Waals surface area contributed by atoms with Crippen molar-refractivity contribution in [3.05, 3.63) is 18.1 Å². The summed E-state index contributed by atoms with van der Waals surface area (Å²) in [6.07, 6.45) is -3.87.